The van der Waals surface area contributed by atoms with Crippen molar-refractivity contribution in [3.63, 3.8) is 0 Å². The first-order valence-electron chi connectivity index (χ1n) is 4.66. The van der Waals surface area contributed by atoms with Crippen molar-refractivity contribution in [1.29, 1.82) is 0 Å². The lowest BCUT2D eigenvalue weighted by Crippen LogP contribution is -2.14. The molecule has 0 aliphatic rings. The molecule has 0 aliphatic carbocycles. The molecule has 1 amide bonds. The highest BCUT2D eigenvalue weighted by Crippen LogP contribution is 2.31. The van der Waals surface area contributed by atoms with E-state index < -0.39 is 0 Å². The summed E-state index contributed by atoms with van der Waals surface area (Å²) >= 11 is 3.39. The van der Waals surface area contributed by atoms with Gasteiger partial charge in [0.05, 0.1) is 7.11 Å². The van der Waals surface area contributed by atoms with E-state index in [-0.39, 0.29) is 11.8 Å². The molecule has 1 aromatic carbocycles. The Morgan fingerprint density at radius 2 is 2.27 bits per heavy atom. The molecule has 82 valence electrons. The fraction of sp³-hybridized carbons (Fsp3) is 0.364. The maximum Gasteiger partial charge on any atom is 0.218 e. The number of hydrogen-bond donors (Lipinski definition) is 1. The second kappa shape index (κ2) is 5.16. The van der Waals surface area contributed by atoms with Crippen molar-refractivity contribution in [2.45, 2.75) is 19.3 Å². The number of nitrogens with two attached hydrogens (primary N) is 1. The average molecular weight is 272 g/mol. The van der Waals surface area contributed by atoms with E-state index in [1.807, 2.05) is 25.1 Å². The van der Waals surface area contributed by atoms with Gasteiger partial charge in [-0.05, 0) is 29.7 Å². The van der Waals surface area contributed by atoms with Crippen LogP contribution in [0.1, 0.15) is 24.8 Å². The van der Waals surface area contributed by atoms with Gasteiger partial charge in [-0.1, -0.05) is 22.9 Å². The molecule has 1 atom stereocenters. The zero-order valence-electron chi connectivity index (χ0n) is 8.79. The number of carbonyl (C=O) groups is 1. The lowest BCUT2D eigenvalue weighted by atomic mass is 9.97. The number of halogens is 1. The average Bonchev–Trinajstić information content (AvgIpc) is 2.16. The molecule has 0 heterocycles. The van der Waals surface area contributed by atoms with Crippen LogP contribution in [0.3, 0.4) is 0 Å². The van der Waals surface area contributed by atoms with Gasteiger partial charge in [0.1, 0.15) is 5.75 Å². The first-order chi connectivity index (χ1) is 7.04. The summed E-state index contributed by atoms with van der Waals surface area (Å²) < 4.78 is 6.20. The minimum atomic E-state index is -0.301. The number of hydrogen-bond acceptors (Lipinski definition) is 2. The van der Waals surface area contributed by atoms with Crippen molar-refractivity contribution in [2.24, 2.45) is 5.73 Å². The Hall–Kier alpha value is -1.03. The van der Waals surface area contributed by atoms with Crippen molar-refractivity contribution in [3.05, 3.63) is 28.2 Å². The summed E-state index contributed by atoms with van der Waals surface area (Å²) in [6.07, 6.45) is 0.326. The predicted octanol–water partition coefficient (Wildman–Crippen LogP) is 2.44. The molecule has 0 radical (unpaired) electrons. The van der Waals surface area contributed by atoms with Gasteiger partial charge in [0, 0.05) is 10.9 Å². The van der Waals surface area contributed by atoms with Crippen molar-refractivity contribution in [2.75, 3.05) is 7.11 Å². The molecule has 1 rings (SSSR count). The molecule has 2 N–H and O–H groups in total. The largest absolute Gasteiger partial charge is 0.496 e. The van der Waals surface area contributed by atoms with Crippen molar-refractivity contribution in [1.82, 2.24) is 0 Å². The first-order valence-corrected chi connectivity index (χ1v) is 5.45. The third kappa shape index (κ3) is 3.23. The second-order valence-electron chi connectivity index (χ2n) is 3.46. The normalized spacial score (nSPS) is 12.2. The number of primary amides is 1. The lowest BCUT2D eigenvalue weighted by molar-refractivity contribution is -0.118. The minimum absolute atomic E-state index is 0.0648. The Morgan fingerprint density at radius 3 is 2.80 bits per heavy atom. The highest BCUT2D eigenvalue weighted by atomic mass is 79.9. The van der Waals surface area contributed by atoms with E-state index in [0.717, 1.165) is 15.8 Å². The molecule has 0 spiro atoms. The summed E-state index contributed by atoms with van der Waals surface area (Å²) in [6, 6.07) is 5.72. The highest BCUT2D eigenvalue weighted by molar-refractivity contribution is 9.10. The number of ether oxygens (including phenoxy) is 1. The Labute approximate surface area is 97.7 Å². The quantitative estimate of drug-likeness (QED) is 0.915. The number of amides is 1. The van der Waals surface area contributed by atoms with Crippen LogP contribution in [0, 0.1) is 0 Å². The van der Waals surface area contributed by atoms with E-state index in [9.17, 15) is 4.79 Å². The van der Waals surface area contributed by atoms with Gasteiger partial charge in [-0.3, -0.25) is 4.79 Å². The van der Waals surface area contributed by atoms with Crippen LogP contribution < -0.4 is 10.5 Å². The zero-order valence-corrected chi connectivity index (χ0v) is 10.4. The molecule has 3 nitrogen and oxygen atoms in total. The monoisotopic (exact) mass is 271 g/mol. The van der Waals surface area contributed by atoms with Crippen LogP contribution in [0.15, 0.2) is 22.7 Å². The summed E-state index contributed by atoms with van der Waals surface area (Å²) in [4.78, 5) is 10.8. The van der Waals surface area contributed by atoms with E-state index in [4.69, 9.17) is 10.5 Å². The molecule has 1 unspecified atom stereocenters. The van der Waals surface area contributed by atoms with Gasteiger partial charge in [-0.25, -0.2) is 0 Å². The Kier molecular flexibility index (Phi) is 4.15. The number of methoxy groups -OCH3 is 1. The molecule has 4 heteroatoms. The molecular formula is C11H14BrNO2. The molecule has 0 saturated carbocycles. The predicted molar refractivity (Wildman–Crippen MR) is 62.9 cm³/mol. The van der Waals surface area contributed by atoms with Crippen LogP contribution in [0.4, 0.5) is 0 Å². The standard InChI is InChI=1S/C11H14BrNO2/c1-7(5-11(13)14)9-6-8(12)3-4-10(9)15-2/h3-4,6-7H,5H2,1-2H3,(H2,13,14). The van der Waals surface area contributed by atoms with Gasteiger partial charge < -0.3 is 10.5 Å². The van der Waals surface area contributed by atoms with Crippen molar-refractivity contribution >= 4 is 21.8 Å². The minimum Gasteiger partial charge on any atom is -0.496 e. The highest BCUT2D eigenvalue weighted by Gasteiger charge is 2.14. The van der Waals surface area contributed by atoms with E-state index in [2.05, 4.69) is 15.9 Å². The van der Waals surface area contributed by atoms with Gasteiger partial charge in [-0.15, -0.1) is 0 Å². The molecule has 0 bridgehead atoms. The molecule has 0 aromatic heterocycles. The van der Waals surface area contributed by atoms with Crippen LogP contribution >= 0.6 is 15.9 Å². The number of carbonyl (C=O) groups excluding carboxylic acids is 1. The van der Waals surface area contributed by atoms with E-state index in [1.54, 1.807) is 7.11 Å². The molecule has 0 aliphatic heterocycles. The fourth-order valence-electron chi connectivity index (χ4n) is 1.50. The Balaban J connectivity index is 2.99. The molecule has 0 fully saturated rings. The maximum atomic E-state index is 10.8. The third-order valence-corrected chi connectivity index (χ3v) is 2.72. The lowest BCUT2D eigenvalue weighted by Gasteiger charge is -2.14. The fourth-order valence-corrected chi connectivity index (χ4v) is 1.88. The van der Waals surface area contributed by atoms with E-state index in [1.165, 1.54) is 0 Å². The van der Waals surface area contributed by atoms with Crippen LogP contribution in [0.2, 0.25) is 0 Å². The van der Waals surface area contributed by atoms with Gasteiger partial charge in [0.2, 0.25) is 5.91 Å². The third-order valence-electron chi connectivity index (χ3n) is 2.23. The molecule has 1 aromatic rings. The summed E-state index contributed by atoms with van der Waals surface area (Å²) in [5.41, 5.74) is 6.16. The smallest absolute Gasteiger partial charge is 0.218 e. The van der Waals surface area contributed by atoms with Crippen LogP contribution in [-0.2, 0) is 4.79 Å². The Morgan fingerprint density at radius 1 is 1.60 bits per heavy atom. The first kappa shape index (κ1) is 12.0. The summed E-state index contributed by atoms with van der Waals surface area (Å²) in [6.45, 7) is 1.95. The SMILES string of the molecule is COc1ccc(Br)cc1C(C)CC(N)=O. The second-order valence-corrected chi connectivity index (χ2v) is 4.37. The molecular weight excluding hydrogens is 258 g/mol. The zero-order chi connectivity index (χ0) is 11.4. The van der Waals surface area contributed by atoms with E-state index in [0.29, 0.717) is 6.42 Å². The summed E-state index contributed by atoms with van der Waals surface area (Å²) in [5, 5.41) is 0. The van der Waals surface area contributed by atoms with Gasteiger partial charge >= 0.3 is 0 Å². The number of benzene rings is 1. The van der Waals surface area contributed by atoms with Crippen LogP contribution in [-0.4, -0.2) is 13.0 Å². The Bertz CT molecular complexity index is 366. The van der Waals surface area contributed by atoms with Crippen LogP contribution in [0.25, 0.3) is 0 Å². The van der Waals surface area contributed by atoms with Crippen molar-refractivity contribution < 1.29 is 9.53 Å². The van der Waals surface area contributed by atoms with Gasteiger partial charge in [0.25, 0.3) is 0 Å². The van der Waals surface area contributed by atoms with Gasteiger partial charge in [-0.2, -0.15) is 0 Å². The number of rotatable bonds is 4. The topological polar surface area (TPSA) is 52.3 Å². The van der Waals surface area contributed by atoms with Crippen molar-refractivity contribution in [3.8, 4) is 5.75 Å². The summed E-state index contributed by atoms with van der Waals surface area (Å²) in [7, 11) is 1.61. The summed E-state index contributed by atoms with van der Waals surface area (Å²) in [5.74, 6) is 0.548. The molecule has 0 saturated heterocycles. The van der Waals surface area contributed by atoms with Gasteiger partial charge in [0.15, 0.2) is 0 Å². The molecule has 15 heavy (non-hydrogen) atoms. The maximum absolute atomic E-state index is 10.8. The van der Waals surface area contributed by atoms with Crippen LogP contribution in [0.5, 0.6) is 5.75 Å². The van der Waals surface area contributed by atoms with E-state index >= 15 is 0 Å².